The molecule has 2 nitrogen and oxygen atoms in total. The molecular formula is C8H16N2. The maximum absolute atomic E-state index is 6.96. The van der Waals surface area contributed by atoms with Gasteiger partial charge in [-0.15, -0.1) is 0 Å². The summed E-state index contributed by atoms with van der Waals surface area (Å²) in [7, 11) is 0. The van der Waals surface area contributed by atoms with E-state index >= 15 is 0 Å². The van der Waals surface area contributed by atoms with E-state index in [1.807, 2.05) is 27.7 Å². The molecule has 3 N–H and O–H groups in total. The SMILES string of the molecule is CC(C=N)=C(N)C(C)(C)C. The smallest absolute Gasteiger partial charge is 0.0224 e. The van der Waals surface area contributed by atoms with Crippen LogP contribution in [0.3, 0.4) is 0 Å². The molecule has 0 saturated heterocycles. The van der Waals surface area contributed by atoms with Gasteiger partial charge >= 0.3 is 0 Å². The van der Waals surface area contributed by atoms with Crippen LogP contribution in [-0.2, 0) is 0 Å². The first-order valence-corrected chi connectivity index (χ1v) is 3.37. The van der Waals surface area contributed by atoms with Crippen molar-refractivity contribution in [1.82, 2.24) is 0 Å². The van der Waals surface area contributed by atoms with Crippen LogP contribution in [-0.4, -0.2) is 6.21 Å². The third-order valence-corrected chi connectivity index (χ3v) is 1.45. The average molecular weight is 140 g/mol. The summed E-state index contributed by atoms with van der Waals surface area (Å²) in [4.78, 5) is 0. The first kappa shape index (κ1) is 9.21. The van der Waals surface area contributed by atoms with Gasteiger partial charge < -0.3 is 11.1 Å². The van der Waals surface area contributed by atoms with Crippen molar-refractivity contribution in [3.05, 3.63) is 11.3 Å². The third kappa shape index (κ3) is 2.21. The van der Waals surface area contributed by atoms with Gasteiger partial charge in [-0.25, -0.2) is 0 Å². The van der Waals surface area contributed by atoms with E-state index in [9.17, 15) is 0 Å². The van der Waals surface area contributed by atoms with Crippen molar-refractivity contribution in [2.45, 2.75) is 27.7 Å². The third-order valence-electron chi connectivity index (χ3n) is 1.45. The Bertz CT molecular complexity index is 161. The topological polar surface area (TPSA) is 49.9 Å². The van der Waals surface area contributed by atoms with E-state index in [2.05, 4.69) is 0 Å². The maximum atomic E-state index is 6.96. The normalized spacial score (nSPS) is 14.4. The molecule has 0 aromatic heterocycles. The summed E-state index contributed by atoms with van der Waals surface area (Å²) in [5, 5.41) is 6.96. The van der Waals surface area contributed by atoms with Crippen LogP contribution in [0.5, 0.6) is 0 Å². The quantitative estimate of drug-likeness (QED) is 0.537. The van der Waals surface area contributed by atoms with Gasteiger partial charge in [-0.1, -0.05) is 20.8 Å². The van der Waals surface area contributed by atoms with Crippen LogP contribution in [0.1, 0.15) is 27.7 Å². The Balaban J connectivity index is 4.63. The lowest BCUT2D eigenvalue weighted by Gasteiger charge is -2.20. The maximum Gasteiger partial charge on any atom is 0.0224 e. The fourth-order valence-corrected chi connectivity index (χ4v) is 0.669. The average Bonchev–Trinajstić information content (AvgIpc) is 1.83. The number of rotatable bonds is 1. The first-order valence-electron chi connectivity index (χ1n) is 3.37. The Kier molecular flexibility index (Phi) is 2.64. The molecule has 0 heterocycles. The fraction of sp³-hybridized carbons (Fsp3) is 0.625. The van der Waals surface area contributed by atoms with E-state index in [1.165, 1.54) is 6.21 Å². The molecule has 0 unspecified atom stereocenters. The van der Waals surface area contributed by atoms with Crippen LogP contribution in [0.4, 0.5) is 0 Å². The van der Waals surface area contributed by atoms with Crippen LogP contribution >= 0.6 is 0 Å². The minimum atomic E-state index is -0.0123. The van der Waals surface area contributed by atoms with E-state index in [4.69, 9.17) is 11.1 Å². The molecule has 0 saturated carbocycles. The molecule has 0 bridgehead atoms. The largest absolute Gasteiger partial charge is 0.401 e. The summed E-state index contributed by atoms with van der Waals surface area (Å²) in [5.41, 5.74) is 7.37. The fourth-order valence-electron chi connectivity index (χ4n) is 0.669. The Labute approximate surface area is 62.6 Å². The van der Waals surface area contributed by atoms with Gasteiger partial charge in [-0.05, 0) is 12.5 Å². The van der Waals surface area contributed by atoms with Crippen LogP contribution < -0.4 is 5.73 Å². The van der Waals surface area contributed by atoms with Crippen molar-refractivity contribution < 1.29 is 0 Å². The highest BCUT2D eigenvalue weighted by atomic mass is 14.6. The van der Waals surface area contributed by atoms with Gasteiger partial charge in [0.05, 0.1) is 0 Å². The standard InChI is InChI=1S/C8H16N2/c1-6(5-9)7(10)8(2,3)4/h5,9H,10H2,1-4H3. The minimum Gasteiger partial charge on any atom is -0.401 e. The van der Waals surface area contributed by atoms with Crippen molar-refractivity contribution >= 4 is 6.21 Å². The molecule has 0 radical (unpaired) electrons. The number of nitrogens with one attached hydrogen (secondary N) is 1. The summed E-state index contributed by atoms with van der Waals surface area (Å²) in [6.07, 6.45) is 1.29. The molecule has 0 spiro atoms. The van der Waals surface area contributed by atoms with Gasteiger partial charge in [0, 0.05) is 17.3 Å². The van der Waals surface area contributed by atoms with Crippen molar-refractivity contribution in [2.24, 2.45) is 11.1 Å². The van der Waals surface area contributed by atoms with Gasteiger partial charge in [-0.3, -0.25) is 0 Å². The Morgan fingerprint density at radius 1 is 1.40 bits per heavy atom. The second-order valence-corrected chi connectivity index (χ2v) is 3.49. The van der Waals surface area contributed by atoms with E-state index < -0.39 is 0 Å². The first-order chi connectivity index (χ1) is 4.39. The number of hydrogen-bond acceptors (Lipinski definition) is 2. The zero-order valence-electron chi connectivity index (χ0n) is 7.15. The van der Waals surface area contributed by atoms with Crippen molar-refractivity contribution in [1.29, 1.82) is 5.41 Å². The lowest BCUT2D eigenvalue weighted by Crippen LogP contribution is -2.19. The highest BCUT2D eigenvalue weighted by Crippen LogP contribution is 2.22. The van der Waals surface area contributed by atoms with Gasteiger partial charge in [0.15, 0.2) is 0 Å². The molecule has 0 aromatic rings. The molecule has 0 aliphatic heterocycles. The molecule has 10 heavy (non-hydrogen) atoms. The summed E-state index contributed by atoms with van der Waals surface area (Å²) in [6, 6.07) is 0. The Hall–Kier alpha value is -0.790. The molecular weight excluding hydrogens is 124 g/mol. The number of nitrogens with two attached hydrogens (primary N) is 1. The molecule has 0 aromatic carbocycles. The molecule has 0 amide bonds. The van der Waals surface area contributed by atoms with Crippen LogP contribution in [0.15, 0.2) is 11.3 Å². The summed E-state index contributed by atoms with van der Waals surface area (Å²) in [5.74, 6) is 0. The zero-order chi connectivity index (χ0) is 8.36. The summed E-state index contributed by atoms with van der Waals surface area (Å²) >= 11 is 0. The summed E-state index contributed by atoms with van der Waals surface area (Å²) < 4.78 is 0. The Morgan fingerprint density at radius 3 is 1.90 bits per heavy atom. The van der Waals surface area contributed by atoms with Gasteiger partial charge in [0.25, 0.3) is 0 Å². The van der Waals surface area contributed by atoms with E-state index in [0.29, 0.717) is 0 Å². The van der Waals surface area contributed by atoms with Crippen molar-refractivity contribution in [3.8, 4) is 0 Å². The molecule has 0 aliphatic carbocycles. The molecule has 0 atom stereocenters. The van der Waals surface area contributed by atoms with Crippen molar-refractivity contribution in [3.63, 3.8) is 0 Å². The van der Waals surface area contributed by atoms with Crippen molar-refractivity contribution in [2.75, 3.05) is 0 Å². The van der Waals surface area contributed by atoms with Gasteiger partial charge in [0.2, 0.25) is 0 Å². The van der Waals surface area contributed by atoms with Crippen LogP contribution in [0.2, 0.25) is 0 Å². The molecule has 58 valence electrons. The van der Waals surface area contributed by atoms with E-state index in [-0.39, 0.29) is 5.41 Å². The van der Waals surface area contributed by atoms with E-state index in [1.54, 1.807) is 0 Å². The highest BCUT2D eigenvalue weighted by Gasteiger charge is 2.14. The van der Waals surface area contributed by atoms with E-state index in [0.717, 1.165) is 11.3 Å². The molecule has 0 rings (SSSR count). The second kappa shape index (κ2) is 2.86. The molecule has 0 fully saturated rings. The Morgan fingerprint density at radius 2 is 1.80 bits per heavy atom. The van der Waals surface area contributed by atoms with Gasteiger partial charge in [-0.2, -0.15) is 0 Å². The lowest BCUT2D eigenvalue weighted by atomic mass is 9.90. The predicted molar refractivity (Wildman–Crippen MR) is 45.1 cm³/mol. The molecule has 2 heteroatoms. The zero-order valence-corrected chi connectivity index (χ0v) is 7.15. The minimum absolute atomic E-state index is 0.0123. The highest BCUT2D eigenvalue weighted by molar-refractivity contribution is 5.76. The van der Waals surface area contributed by atoms with Crippen LogP contribution in [0, 0.1) is 10.8 Å². The van der Waals surface area contributed by atoms with Gasteiger partial charge in [0.1, 0.15) is 0 Å². The lowest BCUT2D eigenvalue weighted by molar-refractivity contribution is 0.494. The monoisotopic (exact) mass is 140 g/mol. The predicted octanol–water partition coefficient (Wildman–Crippen LogP) is 1.91. The van der Waals surface area contributed by atoms with Crippen LogP contribution in [0.25, 0.3) is 0 Å². The second-order valence-electron chi connectivity index (χ2n) is 3.49. The number of hydrogen-bond donors (Lipinski definition) is 2. The summed E-state index contributed by atoms with van der Waals surface area (Å²) in [6.45, 7) is 7.97. The number of allylic oxidation sites excluding steroid dienone is 2. The molecule has 0 aliphatic rings.